The maximum atomic E-state index is 13.8. The summed E-state index contributed by atoms with van der Waals surface area (Å²) >= 11 is 3.27. The van der Waals surface area contributed by atoms with E-state index in [4.69, 9.17) is 4.74 Å². The quantitative estimate of drug-likeness (QED) is 0.762. The van der Waals surface area contributed by atoms with Crippen molar-refractivity contribution in [1.82, 2.24) is 4.98 Å². The van der Waals surface area contributed by atoms with E-state index in [1.54, 1.807) is 12.1 Å². The second-order valence-corrected chi connectivity index (χ2v) is 5.40. The van der Waals surface area contributed by atoms with E-state index >= 15 is 0 Å². The molecule has 0 atom stereocenters. The fraction of sp³-hybridized carbons (Fsp3) is 0.0625. The average molecular weight is 348 g/mol. The van der Waals surface area contributed by atoms with Gasteiger partial charge in [0.15, 0.2) is 11.6 Å². The first-order valence-electron chi connectivity index (χ1n) is 6.30. The molecule has 1 heterocycles. The van der Waals surface area contributed by atoms with Gasteiger partial charge < -0.3 is 9.84 Å². The standard InChI is InChI=1S/C16H11BrFNO2/c17-12-5-6-13(18)15(8-12)21-16-11(9-20)7-10-3-1-2-4-14(10)19-16/h1-8,20H,9H2. The predicted molar refractivity (Wildman–Crippen MR) is 81.8 cm³/mol. The van der Waals surface area contributed by atoms with Crippen molar-refractivity contribution in [1.29, 1.82) is 0 Å². The number of nitrogens with zero attached hydrogens (tertiary/aromatic N) is 1. The Morgan fingerprint density at radius 1 is 1.14 bits per heavy atom. The van der Waals surface area contributed by atoms with Crippen molar-refractivity contribution in [3.8, 4) is 11.6 Å². The zero-order valence-electron chi connectivity index (χ0n) is 10.9. The molecule has 5 heteroatoms. The minimum absolute atomic E-state index is 0.0573. The SMILES string of the molecule is OCc1cc2ccccc2nc1Oc1cc(Br)ccc1F. The predicted octanol–water partition coefficient (Wildman–Crippen LogP) is 4.42. The number of hydrogen-bond donors (Lipinski definition) is 1. The van der Waals surface area contributed by atoms with Gasteiger partial charge in [-0.3, -0.25) is 0 Å². The molecule has 0 saturated carbocycles. The van der Waals surface area contributed by atoms with Crippen LogP contribution in [0.2, 0.25) is 0 Å². The Kier molecular flexibility index (Phi) is 3.86. The third kappa shape index (κ3) is 2.89. The summed E-state index contributed by atoms with van der Waals surface area (Å²) in [6.45, 7) is -0.233. The molecule has 0 spiro atoms. The highest BCUT2D eigenvalue weighted by atomic mass is 79.9. The van der Waals surface area contributed by atoms with Crippen LogP contribution in [-0.4, -0.2) is 10.1 Å². The Morgan fingerprint density at radius 2 is 1.95 bits per heavy atom. The second-order valence-electron chi connectivity index (χ2n) is 4.48. The molecule has 106 valence electrons. The minimum Gasteiger partial charge on any atom is -0.436 e. The monoisotopic (exact) mass is 347 g/mol. The van der Waals surface area contributed by atoms with Crippen LogP contribution in [0.4, 0.5) is 4.39 Å². The van der Waals surface area contributed by atoms with Gasteiger partial charge in [0.05, 0.1) is 12.1 Å². The molecule has 0 aliphatic rings. The third-order valence-corrected chi connectivity index (χ3v) is 3.53. The molecule has 0 aliphatic heterocycles. The van der Waals surface area contributed by atoms with Gasteiger partial charge in [-0.2, -0.15) is 0 Å². The lowest BCUT2D eigenvalue weighted by molar-refractivity contribution is 0.274. The van der Waals surface area contributed by atoms with Crippen LogP contribution >= 0.6 is 15.9 Å². The molecule has 1 N–H and O–H groups in total. The van der Waals surface area contributed by atoms with Crippen LogP contribution in [0.15, 0.2) is 53.0 Å². The summed E-state index contributed by atoms with van der Waals surface area (Å²) in [4.78, 5) is 4.35. The summed E-state index contributed by atoms with van der Waals surface area (Å²) in [5.41, 5.74) is 1.23. The third-order valence-electron chi connectivity index (χ3n) is 3.03. The van der Waals surface area contributed by atoms with E-state index in [1.807, 2.05) is 24.3 Å². The summed E-state index contributed by atoms with van der Waals surface area (Å²) in [5.74, 6) is -0.230. The van der Waals surface area contributed by atoms with Crippen molar-refractivity contribution in [3.05, 3.63) is 64.4 Å². The van der Waals surface area contributed by atoms with Gasteiger partial charge in [-0.25, -0.2) is 9.37 Å². The Hall–Kier alpha value is -1.98. The minimum atomic E-state index is -0.489. The number of aliphatic hydroxyl groups excluding tert-OH is 1. The molecular weight excluding hydrogens is 337 g/mol. The first-order chi connectivity index (χ1) is 10.2. The number of fused-ring (bicyclic) bond motifs is 1. The van der Waals surface area contributed by atoms with Crippen LogP contribution in [0.3, 0.4) is 0 Å². The van der Waals surface area contributed by atoms with Crippen LogP contribution in [0.25, 0.3) is 10.9 Å². The zero-order valence-corrected chi connectivity index (χ0v) is 12.5. The van der Waals surface area contributed by atoms with Gasteiger partial charge in [0, 0.05) is 15.4 Å². The molecule has 0 aliphatic carbocycles. The topological polar surface area (TPSA) is 42.4 Å². The van der Waals surface area contributed by atoms with Gasteiger partial charge in [0.25, 0.3) is 0 Å². The average Bonchev–Trinajstić information content (AvgIpc) is 2.50. The van der Waals surface area contributed by atoms with Gasteiger partial charge in [-0.1, -0.05) is 34.1 Å². The Balaban J connectivity index is 2.08. The van der Waals surface area contributed by atoms with E-state index in [0.29, 0.717) is 10.0 Å². The zero-order chi connectivity index (χ0) is 14.8. The number of benzene rings is 2. The first kappa shape index (κ1) is 14.0. The molecular formula is C16H11BrFNO2. The molecule has 21 heavy (non-hydrogen) atoms. The molecule has 0 bridgehead atoms. The molecule has 0 amide bonds. The van der Waals surface area contributed by atoms with E-state index in [1.165, 1.54) is 12.1 Å². The maximum Gasteiger partial charge on any atom is 0.225 e. The number of aliphatic hydroxyl groups is 1. The number of rotatable bonds is 3. The van der Waals surface area contributed by atoms with Crippen LogP contribution in [-0.2, 0) is 6.61 Å². The van der Waals surface area contributed by atoms with Crippen molar-refractivity contribution < 1.29 is 14.2 Å². The Labute approximate surface area is 129 Å². The summed E-state index contributed by atoms with van der Waals surface area (Å²) in [6.07, 6.45) is 0. The summed E-state index contributed by atoms with van der Waals surface area (Å²) in [7, 11) is 0. The summed E-state index contributed by atoms with van der Waals surface area (Å²) in [6, 6.07) is 13.7. The molecule has 3 nitrogen and oxygen atoms in total. The normalized spacial score (nSPS) is 10.8. The van der Waals surface area contributed by atoms with Gasteiger partial charge in [0.1, 0.15) is 0 Å². The van der Waals surface area contributed by atoms with Crippen LogP contribution in [0.1, 0.15) is 5.56 Å². The van der Waals surface area contributed by atoms with Gasteiger partial charge in [-0.15, -0.1) is 0 Å². The van der Waals surface area contributed by atoms with Crippen molar-refractivity contribution >= 4 is 26.8 Å². The first-order valence-corrected chi connectivity index (χ1v) is 7.09. The fourth-order valence-electron chi connectivity index (χ4n) is 2.00. The number of aromatic nitrogens is 1. The Morgan fingerprint density at radius 3 is 2.76 bits per heavy atom. The number of hydrogen-bond acceptors (Lipinski definition) is 3. The van der Waals surface area contributed by atoms with Gasteiger partial charge in [0.2, 0.25) is 5.88 Å². The number of pyridine rings is 1. The molecule has 0 radical (unpaired) electrons. The lowest BCUT2D eigenvalue weighted by Gasteiger charge is -2.11. The van der Waals surface area contributed by atoms with Crippen LogP contribution in [0, 0.1) is 5.82 Å². The van der Waals surface area contributed by atoms with Crippen LogP contribution in [0.5, 0.6) is 11.6 Å². The lowest BCUT2D eigenvalue weighted by atomic mass is 10.1. The highest BCUT2D eigenvalue weighted by Crippen LogP contribution is 2.30. The second kappa shape index (κ2) is 5.79. The molecule has 0 fully saturated rings. The maximum absolute atomic E-state index is 13.8. The van der Waals surface area contributed by atoms with Gasteiger partial charge >= 0.3 is 0 Å². The van der Waals surface area contributed by atoms with Crippen molar-refractivity contribution in [3.63, 3.8) is 0 Å². The number of ether oxygens (including phenoxy) is 1. The number of halogens is 2. The lowest BCUT2D eigenvalue weighted by Crippen LogP contribution is -1.97. The smallest absolute Gasteiger partial charge is 0.225 e. The summed E-state index contributed by atoms with van der Waals surface area (Å²) in [5, 5.41) is 10.3. The van der Waals surface area contributed by atoms with E-state index in [-0.39, 0.29) is 18.2 Å². The van der Waals surface area contributed by atoms with Gasteiger partial charge in [-0.05, 0) is 30.3 Å². The molecule has 0 saturated heterocycles. The van der Waals surface area contributed by atoms with E-state index in [9.17, 15) is 9.50 Å². The molecule has 3 aromatic rings. The van der Waals surface area contributed by atoms with Crippen molar-refractivity contribution in [2.45, 2.75) is 6.61 Å². The largest absolute Gasteiger partial charge is 0.436 e. The highest BCUT2D eigenvalue weighted by molar-refractivity contribution is 9.10. The van der Waals surface area contributed by atoms with Crippen molar-refractivity contribution in [2.75, 3.05) is 0 Å². The van der Waals surface area contributed by atoms with Crippen LogP contribution < -0.4 is 4.74 Å². The molecule has 1 aromatic heterocycles. The summed E-state index contributed by atoms with van der Waals surface area (Å²) < 4.78 is 20.0. The Bertz CT molecular complexity index is 807. The fourth-order valence-corrected chi connectivity index (χ4v) is 2.34. The highest BCUT2D eigenvalue weighted by Gasteiger charge is 2.12. The molecule has 3 rings (SSSR count). The van der Waals surface area contributed by atoms with E-state index < -0.39 is 5.82 Å². The molecule has 2 aromatic carbocycles. The molecule has 0 unspecified atom stereocenters. The van der Waals surface area contributed by atoms with Crippen molar-refractivity contribution in [2.24, 2.45) is 0 Å². The number of para-hydroxylation sites is 1. The van der Waals surface area contributed by atoms with E-state index in [2.05, 4.69) is 20.9 Å². The van der Waals surface area contributed by atoms with E-state index in [0.717, 1.165) is 10.9 Å².